The van der Waals surface area contributed by atoms with Crippen LogP contribution >= 0.6 is 0 Å². The number of pyridine rings is 1. The average molecular weight is 259 g/mol. The van der Waals surface area contributed by atoms with Gasteiger partial charge >= 0.3 is 0 Å². The van der Waals surface area contributed by atoms with E-state index < -0.39 is 11.6 Å². The van der Waals surface area contributed by atoms with Gasteiger partial charge in [-0.1, -0.05) is 6.07 Å². The van der Waals surface area contributed by atoms with E-state index >= 15 is 0 Å². The van der Waals surface area contributed by atoms with E-state index in [2.05, 4.69) is 10.3 Å². The van der Waals surface area contributed by atoms with E-state index in [1.165, 1.54) is 18.3 Å². The quantitative estimate of drug-likeness (QED) is 0.918. The summed E-state index contributed by atoms with van der Waals surface area (Å²) in [6.45, 7) is 1.75. The summed E-state index contributed by atoms with van der Waals surface area (Å²) in [4.78, 5) is 4.03. The van der Waals surface area contributed by atoms with Crippen molar-refractivity contribution in [3.63, 3.8) is 0 Å². The van der Waals surface area contributed by atoms with Gasteiger partial charge in [0.15, 0.2) is 0 Å². The standard InChI is InChI=1S/C14H11F2N3/c1-9(12-4-3-11(15)6-13(12)16)19-14-5-2-10(7-17)8-18-14/h2-6,8-9H,1H3,(H,18,19)/t9-/m1/s1. The van der Waals surface area contributed by atoms with E-state index in [0.717, 1.165) is 6.07 Å². The summed E-state index contributed by atoms with van der Waals surface area (Å²) in [7, 11) is 0. The highest BCUT2D eigenvalue weighted by atomic mass is 19.1. The molecule has 0 amide bonds. The van der Waals surface area contributed by atoms with Crippen LogP contribution in [0, 0.1) is 23.0 Å². The van der Waals surface area contributed by atoms with Crippen molar-refractivity contribution in [1.29, 1.82) is 5.26 Å². The Morgan fingerprint density at radius 2 is 2.05 bits per heavy atom. The highest BCUT2D eigenvalue weighted by Gasteiger charge is 2.12. The second-order valence-electron chi connectivity index (χ2n) is 4.08. The third kappa shape index (κ3) is 3.05. The zero-order chi connectivity index (χ0) is 13.8. The van der Waals surface area contributed by atoms with E-state index in [9.17, 15) is 8.78 Å². The molecule has 1 aromatic heterocycles. The normalized spacial score (nSPS) is 11.7. The molecule has 0 saturated heterocycles. The predicted octanol–water partition coefficient (Wildman–Crippen LogP) is 3.40. The molecule has 5 heteroatoms. The van der Waals surface area contributed by atoms with Crippen molar-refractivity contribution in [3.05, 3.63) is 59.3 Å². The van der Waals surface area contributed by atoms with Crippen molar-refractivity contribution < 1.29 is 8.78 Å². The van der Waals surface area contributed by atoms with Gasteiger partial charge in [-0.25, -0.2) is 13.8 Å². The number of hydrogen-bond acceptors (Lipinski definition) is 3. The topological polar surface area (TPSA) is 48.7 Å². The minimum Gasteiger partial charge on any atom is -0.363 e. The largest absolute Gasteiger partial charge is 0.363 e. The molecule has 1 aromatic carbocycles. The Morgan fingerprint density at radius 3 is 2.63 bits per heavy atom. The van der Waals surface area contributed by atoms with Gasteiger partial charge in [-0.2, -0.15) is 5.26 Å². The Hall–Kier alpha value is -2.48. The minimum absolute atomic E-state index is 0.354. The lowest BCUT2D eigenvalue weighted by Gasteiger charge is -2.15. The number of aromatic nitrogens is 1. The molecule has 2 rings (SSSR count). The number of anilines is 1. The molecule has 96 valence electrons. The molecular formula is C14H11F2N3. The first-order valence-corrected chi connectivity index (χ1v) is 5.68. The molecule has 0 unspecified atom stereocenters. The fourth-order valence-electron chi connectivity index (χ4n) is 1.70. The van der Waals surface area contributed by atoms with Crippen LogP contribution in [0.25, 0.3) is 0 Å². The molecule has 1 N–H and O–H groups in total. The summed E-state index contributed by atoms with van der Waals surface area (Å²) in [5.74, 6) is -0.686. The molecule has 0 fully saturated rings. The number of nitriles is 1. The SMILES string of the molecule is C[C@@H](Nc1ccc(C#N)cn1)c1ccc(F)cc1F. The fourth-order valence-corrected chi connectivity index (χ4v) is 1.70. The van der Waals surface area contributed by atoms with Gasteiger partial charge in [-0.3, -0.25) is 0 Å². The zero-order valence-corrected chi connectivity index (χ0v) is 10.2. The van der Waals surface area contributed by atoms with Crippen molar-refractivity contribution >= 4 is 5.82 Å². The minimum atomic E-state index is -0.607. The average Bonchev–Trinajstić information content (AvgIpc) is 2.39. The molecule has 0 aliphatic rings. The maximum absolute atomic E-state index is 13.6. The Balaban J connectivity index is 2.16. The molecule has 3 nitrogen and oxygen atoms in total. The van der Waals surface area contributed by atoms with Crippen molar-refractivity contribution in [2.24, 2.45) is 0 Å². The highest BCUT2D eigenvalue weighted by Crippen LogP contribution is 2.21. The van der Waals surface area contributed by atoms with E-state index in [0.29, 0.717) is 16.9 Å². The number of nitrogens with one attached hydrogen (secondary N) is 1. The third-order valence-corrected chi connectivity index (χ3v) is 2.69. The van der Waals surface area contributed by atoms with Crippen molar-refractivity contribution in [1.82, 2.24) is 4.98 Å². The van der Waals surface area contributed by atoms with Gasteiger partial charge in [0.1, 0.15) is 23.5 Å². The van der Waals surface area contributed by atoms with Crippen LogP contribution in [0.3, 0.4) is 0 Å². The molecule has 0 saturated carbocycles. The number of halogens is 2. The van der Waals surface area contributed by atoms with Gasteiger partial charge in [-0.15, -0.1) is 0 Å². The number of rotatable bonds is 3. The Bertz CT molecular complexity index is 618. The van der Waals surface area contributed by atoms with Crippen LogP contribution in [0.1, 0.15) is 24.1 Å². The maximum atomic E-state index is 13.6. The predicted molar refractivity (Wildman–Crippen MR) is 67.3 cm³/mol. The number of hydrogen-bond donors (Lipinski definition) is 1. The van der Waals surface area contributed by atoms with Crippen LogP contribution in [0.4, 0.5) is 14.6 Å². The number of nitrogens with zero attached hydrogens (tertiary/aromatic N) is 2. The first-order chi connectivity index (χ1) is 9.10. The van der Waals surface area contributed by atoms with Gasteiger partial charge < -0.3 is 5.32 Å². The van der Waals surface area contributed by atoms with Crippen molar-refractivity contribution in [3.8, 4) is 6.07 Å². The Morgan fingerprint density at radius 1 is 1.26 bits per heavy atom. The van der Waals surface area contributed by atoms with Crippen LogP contribution in [0.2, 0.25) is 0 Å². The van der Waals surface area contributed by atoms with Crippen LogP contribution in [0.15, 0.2) is 36.5 Å². The van der Waals surface area contributed by atoms with Crippen molar-refractivity contribution in [2.75, 3.05) is 5.32 Å². The van der Waals surface area contributed by atoms with E-state index in [1.54, 1.807) is 19.1 Å². The Kier molecular flexibility index (Phi) is 3.71. The lowest BCUT2D eigenvalue weighted by Crippen LogP contribution is -2.09. The molecule has 2 aromatic rings. The summed E-state index contributed by atoms with van der Waals surface area (Å²) in [5, 5.41) is 11.6. The van der Waals surface area contributed by atoms with Gasteiger partial charge in [0.05, 0.1) is 11.6 Å². The van der Waals surface area contributed by atoms with Gasteiger partial charge in [0.25, 0.3) is 0 Å². The summed E-state index contributed by atoms with van der Waals surface area (Å²) in [6, 6.07) is 8.30. The third-order valence-electron chi connectivity index (χ3n) is 2.69. The molecule has 19 heavy (non-hydrogen) atoms. The molecule has 0 spiro atoms. The number of benzene rings is 1. The Labute approximate surface area is 109 Å². The molecule has 1 heterocycles. The van der Waals surface area contributed by atoms with E-state index in [-0.39, 0.29) is 6.04 Å². The first-order valence-electron chi connectivity index (χ1n) is 5.68. The van der Waals surface area contributed by atoms with E-state index in [4.69, 9.17) is 5.26 Å². The van der Waals surface area contributed by atoms with Gasteiger partial charge in [0.2, 0.25) is 0 Å². The van der Waals surface area contributed by atoms with E-state index in [1.807, 2.05) is 6.07 Å². The second kappa shape index (κ2) is 5.44. The van der Waals surface area contributed by atoms with Crippen LogP contribution in [-0.4, -0.2) is 4.98 Å². The first kappa shape index (κ1) is 13.0. The van der Waals surface area contributed by atoms with Gasteiger partial charge in [0, 0.05) is 17.8 Å². The van der Waals surface area contributed by atoms with Crippen LogP contribution in [-0.2, 0) is 0 Å². The zero-order valence-electron chi connectivity index (χ0n) is 10.2. The molecule has 0 bridgehead atoms. The molecule has 0 aliphatic heterocycles. The summed E-state index contributed by atoms with van der Waals surface area (Å²) in [6.07, 6.45) is 1.43. The molecule has 1 atom stereocenters. The van der Waals surface area contributed by atoms with Crippen molar-refractivity contribution in [2.45, 2.75) is 13.0 Å². The lowest BCUT2D eigenvalue weighted by molar-refractivity contribution is 0.566. The van der Waals surface area contributed by atoms with Crippen LogP contribution in [0.5, 0.6) is 0 Å². The summed E-state index contributed by atoms with van der Waals surface area (Å²) in [5.41, 5.74) is 0.804. The smallest absolute Gasteiger partial charge is 0.131 e. The molecule has 0 aliphatic carbocycles. The molecular weight excluding hydrogens is 248 g/mol. The fraction of sp³-hybridized carbons (Fsp3) is 0.143. The highest BCUT2D eigenvalue weighted by molar-refractivity contribution is 5.41. The lowest BCUT2D eigenvalue weighted by atomic mass is 10.1. The second-order valence-corrected chi connectivity index (χ2v) is 4.08. The summed E-state index contributed by atoms with van der Waals surface area (Å²) >= 11 is 0. The summed E-state index contributed by atoms with van der Waals surface area (Å²) < 4.78 is 26.4. The van der Waals surface area contributed by atoms with Crippen LogP contribution < -0.4 is 5.32 Å². The van der Waals surface area contributed by atoms with Gasteiger partial charge in [-0.05, 0) is 25.1 Å². The molecule has 0 radical (unpaired) electrons. The monoisotopic (exact) mass is 259 g/mol. The maximum Gasteiger partial charge on any atom is 0.131 e.